The van der Waals surface area contributed by atoms with Gasteiger partial charge in [-0.1, -0.05) is 49.3 Å². The lowest BCUT2D eigenvalue weighted by Gasteiger charge is -2.57. The van der Waals surface area contributed by atoms with Crippen LogP contribution in [-0.4, -0.2) is 234 Å². The van der Waals surface area contributed by atoms with Crippen LogP contribution in [-0.2, 0) is 66.4 Å². The SMILES string of the molecule is COCCC[C@H]1O[C@@](O)([C@H](C)[C@@H]2C[C@H](OC)[C@H](O)\C=C(C)/C=C(C)\C=C(\C)[C@H](O[C@H]3O[C@H](C)[C@@H](OC)[C@H](O)[C@H]3O)[C@@H](C)\C=C(CO)/C=C(OC)\C=C(\C)C(=O)O2)[C@H](OC)[C@@H](O)[C@]1(C)O[C@H]1C[C@H](O)[C@H](O[C@H]2C[C@@](C)(O)[C@H](O)[C@@H](C)O2)[C@@H](C)O1. The van der Waals surface area contributed by atoms with Crippen LogP contribution in [0.25, 0.3) is 0 Å². The van der Waals surface area contributed by atoms with Crippen LogP contribution in [0.15, 0.2) is 70.1 Å². The van der Waals surface area contributed by atoms with Gasteiger partial charge in [-0.25, -0.2) is 4.79 Å². The van der Waals surface area contributed by atoms with Crippen LogP contribution in [0.3, 0.4) is 0 Å². The third-order valence-corrected chi connectivity index (χ3v) is 16.8. The molecular formula is C60H98O23. The molecule has 83 heavy (non-hydrogen) atoms. The summed E-state index contributed by atoms with van der Waals surface area (Å²) < 4.78 is 78.8. The number of carbonyl (C=O) groups is 1. The van der Waals surface area contributed by atoms with Crippen molar-refractivity contribution in [3.63, 3.8) is 0 Å². The number of hydrogen-bond donors (Lipinski definition) is 9. The molecule has 0 aromatic carbocycles. The van der Waals surface area contributed by atoms with E-state index < -0.39 is 158 Å². The average Bonchev–Trinajstić information content (AvgIpc) is 1.93. The second kappa shape index (κ2) is 30.7. The van der Waals surface area contributed by atoms with Crippen LogP contribution in [0.2, 0.25) is 0 Å². The summed E-state index contributed by atoms with van der Waals surface area (Å²) in [6, 6.07) is 0. The zero-order valence-corrected chi connectivity index (χ0v) is 51.3. The molecule has 9 N–H and O–H groups in total. The van der Waals surface area contributed by atoms with Gasteiger partial charge in [0.25, 0.3) is 0 Å². The Hall–Kier alpha value is -3.09. The molecule has 0 aromatic heterocycles. The Morgan fingerprint density at radius 1 is 0.735 bits per heavy atom. The number of cyclic esters (lactones) is 1. The number of aliphatic hydroxyl groups is 9. The first-order valence-electron chi connectivity index (χ1n) is 28.7. The van der Waals surface area contributed by atoms with E-state index in [9.17, 15) is 50.8 Å². The second-order valence-corrected chi connectivity index (χ2v) is 23.6. The van der Waals surface area contributed by atoms with Crippen molar-refractivity contribution in [2.45, 2.75) is 242 Å². The Morgan fingerprint density at radius 3 is 1.99 bits per heavy atom. The van der Waals surface area contributed by atoms with Crippen molar-refractivity contribution in [2.24, 2.45) is 11.8 Å². The van der Waals surface area contributed by atoms with Gasteiger partial charge in [-0.3, -0.25) is 0 Å². The highest BCUT2D eigenvalue weighted by molar-refractivity contribution is 5.88. The van der Waals surface area contributed by atoms with Crippen LogP contribution < -0.4 is 0 Å². The molecule has 0 radical (unpaired) electrons. The summed E-state index contributed by atoms with van der Waals surface area (Å²) in [5, 5.41) is 103. The van der Waals surface area contributed by atoms with E-state index >= 15 is 0 Å². The fourth-order valence-corrected chi connectivity index (χ4v) is 12.0. The molecule has 23 nitrogen and oxygen atoms in total. The van der Waals surface area contributed by atoms with Gasteiger partial charge < -0.3 is 108 Å². The van der Waals surface area contributed by atoms with Gasteiger partial charge >= 0.3 is 5.97 Å². The minimum absolute atomic E-state index is 0.0210. The number of allylic oxidation sites excluding steroid dienone is 5. The maximum atomic E-state index is 14.5. The van der Waals surface area contributed by atoms with Gasteiger partial charge in [0.2, 0.25) is 5.79 Å². The summed E-state index contributed by atoms with van der Waals surface area (Å²) in [6.07, 6.45) is -11.5. The van der Waals surface area contributed by atoms with Crippen molar-refractivity contribution in [1.82, 2.24) is 0 Å². The molecule has 5 aliphatic heterocycles. The molecule has 476 valence electrons. The van der Waals surface area contributed by atoms with Crippen molar-refractivity contribution in [3.05, 3.63) is 70.1 Å². The molecule has 0 spiro atoms. The Bertz CT molecular complexity index is 2270. The van der Waals surface area contributed by atoms with E-state index in [1.165, 1.54) is 61.5 Å². The number of hydrogen-bond acceptors (Lipinski definition) is 23. The van der Waals surface area contributed by atoms with E-state index in [0.717, 1.165) is 5.57 Å². The van der Waals surface area contributed by atoms with Crippen LogP contribution >= 0.6 is 0 Å². The van der Waals surface area contributed by atoms with Crippen LogP contribution in [0.4, 0.5) is 0 Å². The lowest BCUT2D eigenvalue weighted by Crippen LogP contribution is -2.74. The first-order valence-corrected chi connectivity index (χ1v) is 28.7. The highest BCUT2D eigenvalue weighted by Crippen LogP contribution is 2.47. The predicted octanol–water partition coefficient (Wildman–Crippen LogP) is 2.84. The van der Waals surface area contributed by atoms with Crippen LogP contribution in [0, 0.1) is 11.8 Å². The highest BCUT2D eigenvalue weighted by atomic mass is 16.7. The summed E-state index contributed by atoms with van der Waals surface area (Å²) in [7, 11) is 6.97. The number of rotatable bonds is 17. The van der Waals surface area contributed by atoms with Gasteiger partial charge in [0.05, 0.1) is 74.1 Å². The van der Waals surface area contributed by atoms with Crippen molar-refractivity contribution < 1.29 is 112 Å². The zero-order valence-electron chi connectivity index (χ0n) is 51.3. The number of esters is 1. The van der Waals surface area contributed by atoms with Gasteiger partial charge in [0, 0.05) is 65.8 Å². The van der Waals surface area contributed by atoms with Crippen molar-refractivity contribution >= 4 is 5.97 Å². The minimum Gasteiger partial charge on any atom is -0.497 e. The normalized spacial score (nSPS) is 46.4. The Balaban J connectivity index is 1.51. The molecule has 0 bridgehead atoms. The van der Waals surface area contributed by atoms with Gasteiger partial charge in [-0.05, 0) is 98.5 Å². The molecule has 0 aromatic rings. The quantitative estimate of drug-likeness (QED) is 0.0747. The molecule has 4 saturated heterocycles. The first-order chi connectivity index (χ1) is 38.9. The third-order valence-electron chi connectivity index (χ3n) is 16.8. The third kappa shape index (κ3) is 17.2. The number of methoxy groups -OCH3 is 5. The summed E-state index contributed by atoms with van der Waals surface area (Å²) in [6.45, 7) is 18.2. The molecule has 4 fully saturated rings. The smallest absolute Gasteiger partial charge is 0.334 e. The fraction of sp³-hybridized carbons (Fsp3) is 0.783. The molecule has 0 aliphatic carbocycles. The molecule has 0 saturated carbocycles. The Labute approximate surface area is 489 Å². The van der Waals surface area contributed by atoms with Crippen LogP contribution in [0.1, 0.15) is 108 Å². The summed E-state index contributed by atoms with van der Waals surface area (Å²) in [5.41, 5.74) is -0.823. The molecule has 5 rings (SSSR count). The van der Waals surface area contributed by atoms with E-state index in [2.05, 4.69) is 0 Å². The molecular weight excluding hydrogens is 1090 g/mol. The van der Waals surface area contributed by atoms with Gasteiger partial charge in [0.1, 0.15) is 60.2 Å². The first kappa shape index (κ1) is 70.7. The lowest BCUT2D eigenvalue weighted by molar-refractivity contribution is -0.416. The van der Waals surface area contributed by atoms with E-state index in [1.54, 1.807) is 53.7 Å². The number of carbonyl (C=O) groups excluding carboxylic acids is 1. The topological polar surface area (TPSA) is 319 Å². The molecule has 5 aliphatic rings. The summed E-state index contributed by atoms with van der Waals surface area (Å²) >= 11 is 0. The summed E-state index contributed by atoms with van der Waals surface area (Å²) in [5.74, 6) is -4.99. The fourth-order valence-electron chi connectivity index (χ4n) is 12.0. The number of aliphatic hydroxyl groups excluding tert-OH is 7. The zero-order chi connectivity index (χ0) is 62.1. The monoisotopic (exact) mass is 1190 g/mol. The van der Waals surface area contributed by atoms with E-state index in [-0.39, 0.29) is 43.6 Å². The summed E-state index contributed by atoms with van der Waals surface area (Å²) in [4.78, 5) is 14.5. The maximum Gasteiger partial charge on any atom is 0.334 e. The van der Waals surface area contributed by atoms with Crippen molar-refractivity contribution in [1.29, 1.82) is 0 Å². The Morgan fingerprint density at radius 2 is 1.40 bits per heavy atom. The maximum absolute atomic E-state index is 14.5. The molecule has 23 heteroatoms. The van der Waals surface area contributed by atoms with E-state index in [4.69, 9.17) is 61.6 Å². The predicted molar refractivity (Wildman–Crippen MR) is 300 cm³/mol. The van der Waals surface area contributed by atoms with Crippen molar-refractivity contribution in [3.8, 4) is 0 Å². The van der Waals surface area contributed by atoms with E-state index in [0.29, 0.717) is 23.1 Å². The lowest BCUT2D eigenvalue weighted by atomic mass is 9.75. The van der Waals surface area contributed by atoms with Gasteiger partial charge in [-0.15, -0.1) is 0 Å². The van der Waals surface area contributed by atoms with E-state index in [1.807, 2.05) is 32.9 Å². The standard InChI is InChI=1S/C60H98O23/c1-30-20-31(2)22-41(62)44(73-14)27-43(79-56(68)34(5)24-40(72-13)25-39(29-61)23-33(4)50(32(3)21-30)81-57-49(65)48(64)52(74-15)37(8)78-57)35(6)60(70)55(75-16)54(67)59(11,45(82-60)18-17-19-71-12)83-46-26-42(63)51(36(7)76-46)80-47-28-58(10,69)53(66)38(9)77-47/h20-25,33,35-38,41-55,57,61-67,69-70H,17-19,26-29H2,1-16H3/b30-20-,31-22-,32-21-,34-24-,39-23+,40-25+/t33-,35+,36+,37+,38+,41+,42-,43-,44-,45+,46-,47-,48+,49+,50-,51+,52+,53+,54+,55+,57+,58+,59+,60-/m0/s1. The van der Waals surface area contributed by atoms with Gasteiger partial charge in [-0.2, -0.15) is 0 Å². The molecule has 5 heterocycles. The average molecular weight is 1190 g/mol. The van der Waals surface area contributed by atoms with Gasteiger partial charge in [0.15, 0.2) is 18.9 Å². The second-order valence-electron chi connectivity index (χ2n) is 23.6. The number of ether oxygens (including phenoxy) is 13. The largest absolute Gasteiger partial charge is 0.497 e. The molecule has 24 atom stereocenters. The Kier molecular flexibility index (Phi) is 26.1. The minimum atomic E-state index is -2.46. The molecule has 0 unspecified atom stereocenters. The van der Waals surface area contributed by atoms with Crippen LogP contribution in [0.5, 0.6) is 0 Å². The highest BCUT2D eigenvalue weighted by Gasteiger charge is 2.64. The van der Waals surface area contributed by atoms with Crippen molar-refractivity contribution in [2.75, 3.05) is 48.8 Å². The molecule has 0 amide bonds.